The number of nitrogens with one attached hydrogen (secondary N) is 2. The zero-order valence-corrected chi connectivity index (χ0v) is 20.7. The summed E-state index contributed by atoms with van der Waals surface area (Å²) in [5.74, 6) is -0.959. The Kier molecular flexibility index (Phi) is 7.96. The standard InChI is InChI=1S/C25H26ClN3O4S/c1-17-21(26)13-9-15-23(17)29(34(3,32)33)16-24(30)28-22-14-8-7-12-20(22)25(31)27-18(2)19-10-5-4-6-11-19/h4-15,18H,16H2,1-3H3,(H,27,31)(H,28,30)/t18-/m0/s1. The molecule has 0 saturated heterocycles. The van der Waals surface area contributed by atoms with Gasteiger partial charge in [-0.3, -0.25) is 13.9 Å². The Balaban J connectivity index is 1.79. The molecule has 0 heterocycles. The molecule has 0 bridgehead atoms. The lowest BCUT2D eigenvalue weighted by Gasteiger charge is -2.24. The molecule has 2 N–H and O–H groups in total. The van der Waals surface area contributed by atoms with Gasteiger partial charge in [-0.1, -0.05) is 60.1 Å². The molecule has 0 aliphatic carbocycles. The molecule has 0 unspecified atom stereocenters. The predicted molar refractivity (Wildman–Crippen MR) is 136 cm³/mol. The van der Waals surface area contributed by atoms with E-state index in [9.17, 15) is 18.0 Å². The largest absolute Gasteiger partial charge is 0.345 e. The van der Waals surface area contributed by atoms with E-state index >= 15 is 0 Å². The quantitative estimate of drug-likeness (QED) is 0.475. The van der Waals surface area contributed by atoms with Gasteiger partial charge in [0.2, 0.25) is 15.9 Å². The van der Waals surface area contributed by atoms with Crippen LogP contribution in [0.5, 0.6) is 0 Å². The van der Waals surface area contributed by atoms with Gasteiger partial charge in [0.1, 0.15) is 6.54 Å². The lowest BCUT2D eigenvalue weighted by molar-refractivity contribution is -0.114. The van der Waals surface area contributed by atoms with Gasteiger partial charge in [0, 0.05) is 5.02 Å². The van der Waals surface area contributed by atoms with Crippen LogP contribution in [0.4, 0.5) is 11.4 Å². The van der Waals surface area contributed by atoms with Crippen molar-refractivity contribution in [3.63, 3.8) is 0 Å². The first kappa shape index (κ1) is 25.3. The summed E-state index contributed by atoms with van der Waals surface area (Å²) in [7, 11) is -3.78. The highest BCUT2D eigenvalue weighted by molar-refractivity contribution is 7.92. The Hall–Kier alpha value is -3.36. The van der Waals surface area contributed by atoms with Gasteiger partial charge in [-0.2, -0.15) is 0 Å². The number of hydrogen-bond acceptors (Lipinski definition) is 4. The van der Waals surface area contributed by atoms with Crippen LogP contribution in [0.25, 0.3) is 0 Å². The maximum atomic E-state index is 12.9. The summed E-state index contributed by atoms with van der Waals surface area (Å²) in [5.41, 5.74) is 2.34. The normalized spacial score (nSPS) is 12.0. The molecule has 2 amide bonds. The third-order valence-corrected chi connectivity index (χ3v) is 6.82. The Bertz CT molecular complexity index is 1300. The van der Waals surface area contributed by atoms with Crippen molar-refractivity contribution in [3.05, 3.63) is 94.5 Å². The van der Waals surface area contributed by atoms with Gasteiger partial charge in [-0.05, 0) is 49.2 Å². The first-order valence-corrected chi connectivity index (χ1v) is 12.8. The van der Waals surface area contributed by atoms with Gasteiger partial charge in [0.05, 0.1) is 29.2 Å². The number of para-hydroxylation sites is 1. The minimum absolute atomic E-state index is 0.246. The summed E-state index contributed by atoms with van der Waals surface area (Å²) < 4.78 is 25.9. The molecule has 1 atom stereocenters. The van der Waals surface area contributed by atoms with Crippen LogP contribution in [0.2, 0.25) is 5.02 Å². The number of nitrogens with zero attached hydrogens (tertiary/aromatic N) is 1. The third kappa shape index (κ3) is 6.15. The van der Waals surface area contributed by atoms with Gasteiger partial charge in [0.25, 0.3) is 5.91 Å². The van der Waals surface area contributed by atoms with E-state index in [1.54, 1.807) is 49.4 Å². The fourth-order valence-electron chi connectivity index (χ4n) is 3.46. The molecule has 0 aliphatic rings. The van der Waals surface area contributed by atoms with E-state index < -0.39 is 22.5 Å². The molecule has 0 spiro atoms. The minimum Gasteiger partial charge on any atom is -0.345 e. The number of carbonyl (C=O) groups excluding carboxylic acids is 2. The van der Waals surface area contributed by atoms with Crippen LogP contribution in [0.1, 0.15) is 34.5 Å². The van der Waals surface area contributed by atoms with Gasteiger partial charge in [-0.15, -0.1) is 0 Å². The topological polar surface area (TPSA) is 95.6 Å². The van der Waals surface area contributed by atoms with Crippen LogP contribution >= 0.6 is 11.6 Å². The van der Waals surface area contributed by atoms with Crippen molar-refractivity contribution in [2.75, 3.05) is 22.4 Å². The molecule has 9 heteroatoms. The second kappa shape index (κ2) is 10.7. The number of carbonyl (C=O) groups is 2. The Morgan fingerprint density at radius 3 is 2.29 bits per heavy atom. The Labute approximate surface area is 204 Å². The smallest absolute Gasteiger partial charge is 0.253 e. The molecule has 0 aromatic heterocycles. The summed E-state index contributed by atoms with van der Waals surface area (Å²) >= 11 is 6.15. The van der Waals surface area contributed by atoms with Crippen LogP contribution in [-0.2, 0) is 14.8 Å². The zero-order valence-electron chi connectivity index (χ0n) is 19.1. The highest BCUT2D eigenvalue weighted by Crippen LogP contribution is 2.28. The first-order chi connectivity index (χ1) is 16.1. The van der Waals surface area contributed by atoms with Crippen molar-refractivity contribution in [3.8, 4) is 0 Å². The monoisotopic (exact) mass is 499 g/mol. The molecule has 3 aromatic rings. The molecule has 34 heavy (non-hydrogen) atoms. The highest BCUT2D eigenvalue weighted by atomic mass is 35.5. The minimum atomic E-state index is -3.78. The average Bonchev–Trinajstić information content (AvgIpc) is 2.79. The van der Waals surface area contributed by atoms with Crippen molar-refractivity contribution in [1.82, 2.24) is 5.32 Å². The van der Waals surface area contributed by atoms with Crippen LogP contribution in [0.3, 0.4) is 0 Å². The maximum Gasteiger partial charge on any atom is 0.253 e. The number of rotatable bonds is 8. The van der Waals surface area contributed by atoms with Gasteiger partial charge in [-0.25, -0.2) is 8.42 Å². The fraction of sp³-hybridized carbons (Fsp3) is 0.200. The lowest BCUT2D eigenvalue weighted by Crippen LogP contribution is -2.38. The Morgan fingerprint density at radius 1 is 0.971 bits per heavy atom. The first-order valence-electron chi connectivity index (χ1n) is 10.6. The van der Waals surface area contributed by atoms with Crippen molar-refractivity contribution in [2.45, 2.75) is 19.9 Å². The number of amides is 2. The number of benzene rings is 3. The Morgan fingerprint density at radius 2 is 1.62 bits per heavy atom. The molecule has 3 aromatic carbocycles. The molecular formula is C25H26ClN3O4S. The molecule has 0 saturated carbocycles. The van der Waals surface area contributed by atoms with Crippen molar-refractivity contribution < 1.29 is 18.0 Å². The van der Waals surface area contributed by atoms with Crippen LogP contribution in [0.15, 0.2) is 72.8 Å². The van der Waals surface area contributed by atoms with Gasteiger partial charge in [0.15, 0.2) is 0 Å². The average molecular weight is 500 g/mol. The summed E-state index contributed by atoms with van der Waals surface area (Å²) in [5, 5.41) is 5.98. The molecular weight excluding hydrogens is 474 g/mol. The second-order valence-corrected chi connectivity index (χ2v) is 10.2. The number of halogens is 1. The molecule has 7 nitrogen and oxygen atoms in total. The van der Waals surface area contributed by atoms with E-state index in [1.807, 2.05) is 37.3 Å². The number of anilines is 2. The van der Waals surface area contributed by atoms with Crippen LogP contribution in [0, 0.1) is 6.92 Å². The van der Waals surface area contributed by atoms with E-state index in [0.29, 0.717) is 16.3 Å². The SMILES string of the molecule is Cc1c(Cl)cccc1N(CC(=O)Nc1ccccc1C(=O)N[C@@H](C)c1ccccc1)S(C)(=O)=O. The van der Waals surface area contributed by atoms with Crippen LogP contribution in [-0.4, -0.2) is 33.0 Å². The summed E-state index contributed by atoms with van der Waals surface area (Å²) in [6, 6.07) is 20.7. The number of hydrogen-bond donors (Lipinski definition) is 2. The molecule has 3 rings (SSSR count). The molecule has 0 radical (unpaired) electrons. The van der Waals surface area contributed by atoms with E-state index in [4.69, 9.17) is 11.6 Å². The van der Waals surface area contributed by atoms with Crippen molar-refractivity contribution in [1.29, 1.82) is 0 Å². The van der Waals surface area contributed by atoms with E-state index in [1.165, 1.54) is 0 Å². The number of sulfonamides is 1. The molecule has 0 fully saturated rings. The van der Waals surface area contributed by atoms with Crippen LogP contribution < -0.4 is 14.9 Å². The third-order valence-electron chi connectivity index (χ3n) is 5.29. The molecule has 178 valence electrons. The lowest BCUT2D eigenvalue weighted by atomic mass is 10.1. The molecule has 0 aliphatic heterocycles. The van der Waals surface area contributed by atoms with E-state index in [-0.39, 0.29) is 23.2 Å². The predicted octanol–water partition coefficient (Wildman–Crippen LogP) is 4.54. The fourth-order valence-corrected chi connectivity index (χ4v) is 4.53. The highest BCUT2D eigenvalue weighted by Gasteiger charge is 2.24. The second-order valence-electron chi connectivity index (χ2n) is 7.85. The van der Waals surface area contributed by atoms with E-state index in [0.717, 1.165) is 16.1 Å². The summed E-state index contributed by atoms with van der Waals surface area (Å²) in [6.45, 7) is 3.07. The van der Waals surface area contributed by atoms with Crippen molar-refractivity contribution in [2.24, 2.45) is 0 Å². The van der Waals surface area contributed by atoms with Crippen molar-refractivity contribution >= 4 is 44.8 Å². The maximum absolute atomic E-state index is 12.9. The van der Waals surface area contributed by atoms with Gasteiger partial charge < -0.3 is 10.6 Å². The zero-order chi connectivity index (χ0) is 24.9. The summed E-state index contributed by atoms with van der Waals surface area (Å²) in [4.78, 5) is 25.8. The summed E-state index contributed by atoms with van der Waals surface area (Å²) in [6.07, 6.45) is 1.02. The van der Waals surface area contributed by atoms with Gasteiger partial charge >= 0.3 is 0 Å². The van der Waals surface area contributed by atoms with E-state index in [2.05, 4.69) is 10.6 Å².